The molecule has 0 spiro atoms. The van der Waals surface area contributed by atoms with Gasteiger partial charge in [-0.3, -0.25) is 4.79 Å². The minimum atomic E-state index is -0.281. The second-order valence-corrected chi connectivity index (χ2v) is 4.64. The molecule has 18 heavy (non-hydrogen) atoms. The number of hydrogen-bond acceptors (Lipinski definition) is 5. The minimum Gasteiger partial charge on any atom is -0.393 e. The van der Waals surface area contributed by atoms with Gasteiger partial charge in [-0.15, -0.1) is 0 Å². The maximum absolute atomic E-state index is 11.9. The number of carbonyl (C=O) groups is 1. The lowest BCUT2D eigenvalue weighted by atomic mass is 9.89. The molecule has 6 heteroatoms. The molecular formula is C12H13N3O3. The van der Waals surface area contributed by atoms with Crippen molar-refractivity contribution in [3.63, 3.8) is 0 Å². The first-order chi connectivity index (χ1) is 8.63. The summed E-state index contributed by atoms with van der Waals surface area (Å²) in [6.07, 6.45) is 2.43. The standard InChI is InChI=1S/C12H13N3O3/c1-6-10-2-7(5-13-12(10)18-15-6)11(17)14-8-3-9(16)4-8/h2,5,8-9,16H,3-4H2,1H3,(H,14,17). The Hall–Kier alpha value is -1.95. The van der Waals surface area contributed by atoms with Gasteiger partial charge in [-0.05, 0) is 25.8 Å². The Morgan fingerprint density at radius 3 is 3.06 bits per heavy atom. The molecule has 2 aromatic rings. The van der Waals surface area contributed by atoms with Crippen molar-refractivity contribution in [1.29, 1.82) is 0 Å². The molecular weight excluding hydrogens is 234 g/mol. The van der Waals surface area contributed by atoms with Crippen molar-refractivity contribution >= 4 is 17.0 Å². The van der Waals surface area contributed by atoms with E-state index in [1.165, 1.54) is 6.20 Å². The van der Waals surface area contributed by atoms with Gasteiger partial charge in [0.25, 0.3) is 11.6 Å². The van der Waals surface area contributed by atoms with Gasteiger partial charge < -0.3 is 14.9 Å². The maximum atomic E-state index is 11.9. The summed E-state index contributed by atoms with van der Waals surface area (Å²) in [6, 6.07) is 1.78. The molecule has 0 aromatic carbocycles. The summed E-state index contributed by atoms with van der Waals surface area (Å²) in [7, 11) is 0. The fourth-order valence-electron chi connectivity index (χ4n) is 2.04. The van der Waals surface area contributed by atoms with E-state index in [0.717, 1.165) is 5.39 Å². The first-order valence-electron chi connectivity index (χ1n) is 5.84. The van der Waals surface area contributed by atoms with Crippen LogP contribution >= 0.6 is 0 Å². The van der Waals surface area contributed by atoms with Gasteiger partial charge in [-0.2, -0.15) is 0 Å². The summed E-state index contributed by atoms with van der Waals surface area (Å²) < 4.78 is 4.99. The summed E-state index contributed by atoms with van der Waals surface area (Å²) in [5.74, 6) is -0.179. The molecule has 1 aliphatic carbocycles. The van der Waals surface area contributed by atoms with Gasteiger partial charge in [-0.25, -0.2) is 4.98 Å². The van der Waals surface area contributed by atoms with Crippen molar-refractivity contribution in [1.82, 2.24) is 15.5 Å². The number of nitrogens with one attached hydrogen (secondary N) is 1. The van der Waals surface area contributed by atoms with Crippen LogP contribution < -0.4 is 5.32 Å². The summed E-state index contributed by atoms with van der Waals surface area (Å²) in [5.41, 5.74) is 1.63. The SMILES string of the molecule is Cc1noc2ncc(C(=O)NC3CC(O)C3)cc12. The second-order valence-electron chi connectivity index (χ2n) is 4.64. The molecule has 6 nitrogen and oxygen atoms in total. The zero-order valence-electron chi connectivity index (χ0n) is 9.88. The fraction of sp³-hybridized carbons (Fsp3) is 0.417. The van der Waals surface area contributed by atoms with E-state index < -0.39 is 0 Å². The van der Waals surface area contributed by atoms with Gasteiger partial charge in [0.05, 0.1) is 22.7 Å². The van der Waals surface area contributed by atoms with Crippen LogP contribution in [0, 0.1) is 6.92 Å². The van der Waals surface area contributed by atoms with Gasteiger partial charge >= 0.3 is 0 Å². The first kappa shape index (κ1) is 11.2. The lowest BCUT2D eigenvalue weighted by Gasteiger charge is -2.31. The van der Waals surface area contributed by atoms with Crippen molar-refractivity contribution in [3.05, 3.63) is 23.5 Å². The zero-order chi connectivity index (χ0) is 12.7. The van der Waals surface area contributed by atoms with E-state index in [9.17, 15) is 4.79 Å². The average Bonchev–Trinajstić information content (AvgIpc) is 2.69. The molecule has 0 aliphatic heterocycles. The Morgan fingerprint density at radius 1 is 1.56 bits per heavy atom. The Labute approximate surface area is 103 Å². The van der Waals surface area contributed by atoms with Gasteiger partial charge in [0.15, 0.2) is 0 Å². The number of nitrogens with zero attached hydrogens (tertiary/aromatic N) is 2. The molecule has 0 bridgehead atoms. The normalized spacial score (nSPS) is 22.8. The number of fused-ring (bicyclic) bond motifs is 1. The summed E-state index contributed by atoms with van der Waals surface area (Å²) >= 11 is 0. The van der Waals surface area contributed by atoms with Crippen molar-refractivity contribution in [2.75, 3.05) is 0 Å². The van der Waals surface area contributed by atoms with E-state index in [2.05, 4.69) is 15.5 Å². The van der Waals surface area contributed by atoms with Crippen molar-refractivity contribution in [3.8, 4) is 0 Å². The Kier molecular flexibility index (Phi) is 2.52. The van der Waals surface area contributed by atoms with Crippen LogP contribution in [0.3, 0.4) is 0 Å². The fourth-order valence-corrected chi connectivity index (χ4v) is 2.04. The van der Waals surface area contributed by atoms with Crippen LogP contribution in [0.5, 0.6) is 0 Å². The molecule has 2 heterocycles. The Balaban J connectivity index is 1.80. The number of hydrogen-bond donors (Lipinski definition) is 2. The molecule has 2 aromatic heterocycles. The average molecular weight is 247 g/mol. The zero-order valence-corrected chi connectivity index (χ0v) is 9.88. The number of pyridine rings is 1. The van der Waals surface area contributed by atoms with E-state index in [1.807, 2.05) is 0 Å². The largest absolute Gasteiger partial charge is 0.393 e. The van der Waals surface area contributed by atoms with Gasteiger partial charge in [0.1, 0.15) is 0 Å². The molecule has 0 radical (unpaired) electrons. The van der Waals surface area contributed by atoms with Crippen LogP contribution in [-0.4, -0.2) is 33.3 Å². The Morgan fingerprint density at radius 2 is 2.33 bits per heavy atom. The molecule has 3 rings (SSSR count). The van der Waals surface area contributed by atoms with Gasteiger partial charge in [0, 0.05) is 12.2 Å². The molecule has 1 aliphatic rings. The Bertz CT molecular complexity index is 602. The monoisotopic (exact) mass is 247 g/mol. The van der Waals surface area contributed by atoms with Crippen LogP contribution in [0.15, 0.2) is 16.8 Å². The molecule has 0 atom stereocenters. The lowest BCUT2D eigenvalue weighted by Crippen LogP contribution is -2.46. The highest BCUT2D eigenvalue weighted by atomic mass is 16.5. The minimum absolute atomic E-state index is 0.0618. The van der Waals surface area contributed by atoms with E-state index in [-0.39, 0.29) is 18.1 Å². The highest BCUT2D eigenvalue weighted by Crippen LogP contribution is 2.21. The van der Waals surface area contributed by atoms with Crippen LogP contribution in [-0.2, 0) is 0 Å². The van der Waals surface area contributed by atoms with Crippen molar-refractivity contribution in [2.24, 2.45) is 0 Å². The number of aromatic nitrogens is 2. The highest BCUT2D eigenvalue weighted by Gasteiger charge is 2.28. The predicted molar refractivity (Wildman–Crippen MR) is 63.0 cm³/mol. The van der Waals surface area contributed by atoms with E-state index in [0.29, 0.717) is 29.8 Å². The molecule has 1 amide bonds. The van der Waals surface area contributed by atoms with Crippen molar-refractivity contribution < 1.29 is 14.4 Å². The molecule has 1 fully saturated rings. The van der Waals surface area contributed by atoms with Gasteiger partial charge in [0.2, 0.25) is 0 Å². The lowest BCUT2D eigenvalue weighted by molar-refractivity contribution is 0.0562. The highest BCUT2D eigenvalue weighted by molar-refractivity contribution is 5.97. The molecule has 94 valence electrons. The number of amides is 1. The van der Waals surface area contributed by atoms with Crippen LogP contribution in [0.4, 0.5) is 0 Å². The number of rotatable bonds is 2. The van der Waals surface area contributed by atoms with Crippen molar-refractivity contribution in [2.45, 2.75) is 31.9 Å². The van der Waals surface area contributed by atoms with Crippen LogP contribution in [0.2, 0.25) is 0 Å². The van der Waals surface area contributed by atoms with Crippen LogP contribution in [0.1, 0.15) is 28.9 Å². The topological polar surface area (TPSA) is 88.2 Å². The molecule has 1 saturated carbocycles. The summed E-state index contributed by atoms with van der Waals surface area (Å²) in [5, 5.41) is 16.6. The van der Waals surface area contributed by atoms with Gasteiger partial charge in [-0.1, -0.05) is 5.16 Å². The molecule has 0 saturated heterocycles. The maximum Gasteiger partial charge on any atom is 0.257 e. The predicted octanol–water partition coefficient (Wildman–Crippen LogP) is 0.784. The third-order valence-corrected chi connectivity index (χ3v) is 3.22. The molecule has 0 unspecified atom stereocenters. The second kappa shape index (κ2) is 4.06. The molecule has 2 N–H and O–H groups in total. The van der Waals surface area contributed by atoms with Crippen LogP contribution in [0.25, 0.3) is 11.1 Å². The third-order valence-electron chi connectivity index (χ3n) is 3.22. The number of aliphatic hydroxyl groups excluding tert-OH is 1. The van der Waals surface area contributed by atoms with E-state index in [4.69, 9.17) is 9.63 Å². The summed E-state index contributed by atoms with van der Waals surface area (Å²) in [4.78, 5) is 16.0. The first-order valence-corrected chi connectivity index (χ1v) is 5.84. The third kappa shape index (κ3) is 1.84. The van der Waals surface area contributed by atoms with E-state index >= 15 is 0 Å². The quantitative estimate of drug-likeness (QED) is 0.818. The number of aliphatic hydroxyl groups is 1. The van der Waals surface area contributed by atoms with E-state index in [1.54, 1.807) is 13.0 Å². The smallest absolute Gasteiger partial charge is 0.257 e. The number of carbonyl (C=O) groups excluding carboxylic acids is 1. The summed E-state index contributed by atoms with van der Waals surface area (Å²) in [6.45, 7) is 1.80. The number of aryl methyl sites for hydroxylation is 1.